The van der Waals surface area contributed by atoms with Crippen molar-refractivity contribution in [1.82, 2.24) is 25.1 Å². The number of nitrogens with zero attached hydrogens (tertiary/aromatic N) is 5. The Morgan fingerprint density at radius 2 is 1.83 bits per heavy atom. The third-order valence-corrected chi connectivity index (χ3v) is 5.04. The fraction of sp³-hybridized carbons (Fsp3) is 0.588. The number of benzene rings is 1. The maximum atomic E-state index is 10.6. The molecule has 0 spiro atoms. The molecule has 23 heavy (non-hydrogen) atoms. The lowest BCUT2D eigenvalue weighted by Gasteiger charge is -2.34. The minimum absolute atomic E-state index is 0.341. The second-order valence-electron chi connectivity index (χ2n) is 6.74. The molecule has 122 valence electrons. The van der Waals surface area contributed by atoms with Crippen molar-refractivity contribution >= 4 is 0 Å². The Morgan fingerprint density at radius 3 is 2.52 bits per heavy atom. The van der Waals surface area contributed by atoms with E-state index in [1.165, 1.54) is 12.8 Å². The topological polar surface area (TPSA) is 67.1 Å². The van der Waals surface area contributed by atoms with Gasteiger partial charge in [-0.1, -0.05) is 30.3 Å². The third-order valence-electron chi connectivity index (χ3n) is 5.04. The van der Waals surface area contributed by atoms with Crippen LogP contribution in [0.5, 0.6) is 0 Å². The van der Waals surface area contributed by atoms with E-state index in [-0.39, 0.29) is 6.10 Å². The minimum atomic E-state index is -0.352. The molecular formula is C17H23N5O. The number of aliphatic hydroxyl groups is 1. The van der Waals surface area contributed by atoms with Gasteiger partial charge in [0.25, 0.3) is 0 Å². The Labute approximate surface area is 136 Å². The summed E-state index contributed by atoms with van der Waals surface area (Å²) in [5.41, 5.74) is 1.03. The molecular weight excluding hydrogens is 290 g/mol. The van der Waals surface area contributed by atoms with E-state index in [1.54, 1.807) is 0 Å². The summed E-state index contributed by atoms with van der Waals surface area (Å²) in [6.07, 6.45) is 4.07. The van der Waals surface area contributed by atoms with Crippen molar-refractivity contribution in [3.63, 3.8) is 0 Å². The monoisotopic (exact) mass is 313 g/mol. The van der Waals surface area contributed by atoms with Crippen molar-refractivity contribution in [2.45, 2.75) is 44.4 Å². The van der Waals surface area contributed by atoms with E-state index < -0.39 is 0 Å². The quantitative estimate of drug-likeness (QED) is 0.914. The largest absolute Gasteiger partial charge is 0.388 e. The zero-order chi connectivity index (χ0) is 15.6. The van der Waals surface area contributed by atoms with Crippen LogP contribution in [-0.4, -0.2) is 43.3 Å². The molecule has 6 heteroatoms. The lowest BCUT2D eigenvalue weighted by Crippen LogP contribution is -2.36. The van der Waals surface area contributed by atoms with Crippen LogP contribution in [0.3, 0.4) is 0 Å². The fourth-order valence-electron chi connectivity index (χ4n) is 3.47. The Hall–Kier alpha value is -1.79. The first-order valence-electron chi connectivity index (χ1n) is 8.53. The molecule has 2 aromatic rings. The summed E-state index contributed by atoms with van der Waals surface area (Å²) in [5.74, 6) is 1.32. The molecule has 0 bridgehead atoms. The predicted molar refractivity (Wildman–Crippen MR) is 85.5 cm³/mol. The van der Waals surface area contributed by atoms with Crippen LogP contribution in [-0.2, 0) is 6.54 Å². The summed E-state index contributed by atoms with van der Waals surface area (Å²) in [7, 11) is 0. The summed E-state index contributed by atoms with van der Waals surface area (Å²) < 4.78 is 1.99. The average Bonchev–Trinajstić information content (AvgIpc) is 3.35. The van der Waals surface area contributed by atoms with Gasteiger partial charge in [0.1, 0.15) is 0 Å². The molecule has 1 saturated heterocycles. The van der Waals surface area contributed by atoms with Crippen molar-refractivity contribution in [3.05, 3.63) is 41.7 Å². The van der Waals surface area contributed by atoms with Crippen LogP contribution in [0.2, 0.25) is 0 Å². The number of tetrazole rings is 1. The summed E-state index contributed by atoms with van der Waals surface area (Å²) >= 11 is 0. The number of aliphatic hydroxyl groups excluding tert-OH is 1. The van der Waals surface area contributed by atoms with Gasteiger partial charge in [-0.15, -0.1) is 5.10 Å². The van der Waals surface area contributed by atoms with Crippen LogP contribution in [0, 0.1) is 5.92 Å². The van der Waals surface area contributed by atoms with Crippen LogP contribution in [0.15, 0.2) is 30.3 Å². The molecule has 2 fully saturated rings. The molecule has 1 unspecified atom stereocenters. The number of hydrogen-bond acceptors (Lipinski definition) is 5. The molecule has 0 amide bonds. The highest BCUT2D eigenvalue weighted by atomic mass is 16.3. The molecule has 4 rings (SSSR count). The highest BCUT2D eigenvalue weighted by molar-refractivity contribution is 5.18. The van der Waals surface area contributed by atoms with E-state index in [4.69, 9.17) is 0 Å². The van der Waals surface area contributed by atoms with Crippen molar-refractivity contribution in [2.24, 2.45) is 5.92 Å². The van der Waals surface area contributed by atoms with E-state index in [0.717, 1.165) is 43.9 Å². The van der Waals surface area contributed by atoms with Gasteiger partial charge in [-0.25, -0.2) is 4.68 Å². The number of likely N-dealkylation sites (tertiary alicyclic amines) is 1. The van der Waals surface area contributed by atoms with Crippen LogP contribution in [0.1, 0.15) is 49.2 Å². The summed E-state index contributed by atoms with van der Waals surface area (Å²) in [6, 6.07) is 10.5. The molecule has 1 aliphatic carbocycles. The van der Waals surface area contributed by atoms with Crippen molar-refractivity contribution in [1.29, 1.82) is 0 Å². The molecule has 1 aromatic heterocycles. The Kier molecular flexibility index (Phi) is 4.10. The van der Waals surface area contributed by atoms with Crippen LogP contribution in [0.25, 0.3) is 0 Å². The lowest BCUT2D eigenvalue weighted by molar-refractivity contribution is 0.0556. The van der Waals surface area contributed by atoms with Gasteiger partial charge in [-0.3, -0.25) is 4.90 Å². The van der Waals surface area contributed by atoms with Gasteiger partial charge in [-0.05, 0) is 60.7 Å². The molecule has 1 aromatic carbocycles. The molecule has 1 aliphatic heterocycles. The van der Waals surface area contributed by atoms with Gasteiger partial charge in [-0.2, -0.15) is 0 Å². The lowest BCUT2D eigenvalue weighted by atomic mass is 9.87. The molecule has 2 aliphatic rings. The second-order valence-corrected chi connectivity index (χ2v) is 6.74. The zero-order valence-electron chi connectivity index (χ0n) is 13.3. The number of rotatable bonds is 5. The zero-order valence-corrected chi connectivity index (χ0v) is 13.3. The number of aromatic nitrogens is 4. The Balaban J connectivity index is 1.33. The van der Waals surface area contributed by atoms with Gasteiger partial charge in [0, 0.05) is 0 Å². The van der Waals surface area contributed by atoms with E-state index in [0.29, 0.717) is 12.0 Å². The molecule has 1 atom stereocenters. The molecule has 0 radical (unpaired) electrons. The van der Waals surface area contributed by atoms with Crippen LogP contribution < -0.4 is 0 Å². The SMILES string of the molecule is OC(c1ccccc1)C1CCN(Cc2nnnn2C2CC2)CC1. The van der Waals surface area contributed by atoms with Gasteiger partial charge in [0.05, 0.1) is 18.7 Å². The van der Waals surface area contributed by atoms with Crippen LogP contribution in [0.4, 0.5) is 0 Å². The van der Waals surface area contributed by atoms with Crippen LogP contribution >= 0.6 is 0 Å². The van der Waals surface area contributed by atoms with Gasteiger partial charge < -0.3 is 5.11 Å². The number of hydrogen-bond donors (Lipinski definition) is 1. The standard InChI is InChI=1S/C17H23N5O/c23-17(13-4-2-1-3-5-13)14-8-10-21(11-9-14)12-16-18-19-20-22(16)15-6-7-15/h1-5,14-15,17,23H,6-12H2. The second kappa shape index (κ2) is 6.37. The van der Waals surface area contributed by atoms with E-state index in [9.17, 15) is 5.11 Å². The highest BCUT2D eigenvalue weighted by Crippen LogP contribution is 2.35. The highest BCUT2D eigenvalue weighted by Gasteiger charge is 2.30. The maximum Gasteiger partial charge on any atom is 0.165 e. The van der Waals surface area contributed by atoms with Gasteiger partial charge in [0.15, 0.2) is 5.82 Å². The predicted octanol–water partition coefficient (Wildman–Crippen LogP) is 1.95. The van der Waals surface area contributed by atoms with E-state index >= 15 is 0 Å². The first-order chi connectivity index (χ1) is 11.3. The Bertz CT molecular complexity index is 631. The number of piperidine rings is 1. The molecule has 1 saturated carbocycles. The Morgan fingerprint density at radius 1 is 1.09 bits per heavy atom. The molecule has 1 N–H and O–H groups in total. The van der Waals surface area contributed by atoms with E-state index in [2.05, 4.69) is 20.4 Å². The molecule has 6 nitrogen and oxygen atoms in total. The smallest absolute Gasteiger partial charge is 0.165 e. The first-order valence-corrected chi connectivity index (χ1v) is 8.53. The third kappa shape index (κ3) is 3.28. The van der Waals surface area contributed by atoms with Crippen molar-refractivity contribution < 1.29 is 5.11 Å². The first kappa shape index (κ1) is 14.8. The minimum Gasteiger partial charge on any atom is -0.388 e. The molecule has 2 heterocycles. The normalized spacial score (nSPS) is 21.4. The van der Waals surface area contributed by atoms with Crippen molar-refractivity contribution in [3.8, 4) is 0 Å². The fourth-order valence-corrected chi connectivity index (χ4v) is 3.47. The summed E-state index contributed by atoms with van der Waals surface area (Å²) in [4.78, 5) is 2.40. The van der Waals surface area contributed by atoms with Crippen molar-refractivity contribution in [2.75, 3.05) is 13.1 Å². The maximum absolute atomic E-state index is 10.6. The van der Waals surface area contributed by atoms with Gasteiger partial charge in [0.2, 0.25) is 0 Å². The summed E-state index contributed by atoms with van der Waals surface area (Å²) in [5, 5.41) is 22.7. The van der Waals surface area contributed by atoms with E-state index in [1.807, 2.05) is 35.0 Å². The summed E-state index contributed by atoms with van der Waals surface area (Å²) in [6.45, 7) is 2.80. The average molecular weight is 313 g/mol. The van der Waals surface area contributed by atoms with Gasteiger partial charge >= 0.3 is 0 Å².